The minimum atomic E-state index is -4.67. The molecule has 6 heteroatoms. The van der Waals surface area contributed by atoms with E-state index in [1.54, 1.807) is 14.1 Å². The molecule has 0 aliphatic carbocycles. The van der Waals surface area contributed by atoms with Gasteiger partial charge in [-0.2, -0.15) is 13.2 Å². The van der Waals surface area contributed by atoms with Crippen LogP contribution in [0.25, 0.3) is 0 Å². The van der Waals surface area contributed by atoms with E-state index in [0.717, 1.165) is 6.20 Å². The van der Waals surface area contributed by atoms with Crippen molar-refractivity contribution in [3.63, 3.8) is 0 Å². The molecule has 0 aromatic carbocycles. The minimum Gasteiger partial charge on any atom is -0.379 e. The molecular weight excluding hydrogens is 209 g/mol. The maximum atomic E-state index is 12.3. The summed E-state index contributed by atoms with van der Waals surface area (Å²) in [4.78, 5) is 5.07. The summed E-state index contributed by atoms with van der Waals surface area (Å²) in [5.41, 5.74) is 0.0600. The van der Waals surface area contributed by atoms with Crippen molar-refractivity contribution in [2.24, 2.45) is 0 Å². The van der Waals surface area contributed by atoms with Crippen LogP contribution in [0.1, 0.15) is 11.7 Å². The van der Waals surface area contributed by atoms with Gasteiger partial charge in [-0.25, -0.2) is 0 Å². The summed E-state index contributed by atoms with van der Waals surface area (Å²) < 4.78 is 36.8. The monoisotopic (exact) mass is 220 g/mol. The lowest BCUT2D eigenvalue weighted by molar-refractivity contribution is -0.206. The van der Waals surface area contributed by atoms with Gasteiger partial charge in [0.1, 0.15) is 0 Å². The minimum absolute atomic E-state index is 0.241. The predicted octanol–water partition coefficient (Wildman–Crippen LogP) is 1.74. The van der Waals surface area contributed by atoms with E-state index in [4.69, 9.17) is 5.11 Å². The maximum Gasteiger partial charge on any atom is 0.418 e. The van der Waals surface area contributed by atoms with Crippen molar-refractivity contribution in [1.82, 2.24) is 4.98 Å². The Labute approximate surface area is 85.2 Å². The lowest BCUT2D eigenvalue weighted by Crippen LogP contribution is -2.23. The Morgan fingerprint density at radius 3 is 2.47 bits per heavy atom. The summed E-state index contributed by atoms with van der Waals surface area (Å²) in [5, 5.41) is 9.10. The van der Waals surface area contributed by atoms with Gasteiger partial charge in [-0.1, -0.05) is 0 Å². The van der Waals surface area contributed by atoms with E-state index in [9.17, 15) is 13.2 Å². The van der Waals surface area contributed by atoms with Gasteiger partial charge in [0, 0.05) is 37.7 Å². The molecule has 84 valence electrons. The number of anilines is 1. The molecule has 0 fully saturated rings. The van der Waals surface area contributed by atoms with Crippen molar-refractivity contribution in [1.29, 1.82) is 0 Å². The number of alkyl halides is 3. The normalized spacial score (nSPS) is 13.7. The van der Waals surface area contributed by atoms with E-state index in [2.05, 4.69) is 4.98 Å². The second-order valence-corrected chi connectivity index (χ2v) is 3.27. The fraction of sp³-hybridized carbons (Fsp3) is 0.444. The number of hydrogen-bond donors (Lipinski definition) is 1. The van der Waals surface area contributed by atoms with Crippen molar-refractivity contribution in [2.45, 2.75) is 12.3 Å². The number of hydrogen-bond acceptors (Lipinski definition) is 3. The van der Waals surface area contributed by atoms with Crippen molar-refractivity contribution >= 4 is 5.69 Å². The first-order valence-electron chi connectivity index (χ1n) is 4.20. The molecular formula is C9H11F3N2O. The molecule has 0 aliphatic heterocycles. The third kappa shape index (κ3) is 2.59. The Morgan fingerprint density at radius 2 is 2.00 bits per heavy atom. The second kappa shape index (κ2) is 4.06. The van der Waals surface area contributed by atoms with Crippen molar-refractivity contribution in [3.05, 3.63) is 24.0 Å². The highest BCUT2D eigenvalue weighted by molar-refractivity contribution is 5.52. The Morgan fingerprint density at radius 1 is 1.40 bits per heavy atom. The summed E-state index contributed by atoms with van der Waals surface area (Å²) in [5.74, 6) is 0. The van der Waals surface area contributed by atoms with Gasteiger partial charge in [-0.15, -0.1) is 0 Å². The van der Waals surface area contributed by atoms with Crippen LogP contribution in [0.15, 0.2) is 18.5 Å². The van der Waals surface area contributed by atoms with Gasteiger partial charge in [-0.3, -0.25) is 4.98 Å². The van der Waals surface area contributed by atoms with E-state index >= 15 is 0 Å². The number of pyridine rings is 1. The van der Waals surface area contributed by atoms with Gasteiger partial charge in [-0.05, 0) is 6.07 Å². The van der Waals surface area contributed by atoms with E-state index < -0.39 is 12.3 Å². The second-order valence-electron chi connectivity index (χ2n) is 3.27. The Hall–Kier alpha value is -1.30. The molecule has 3 nitrogen and oxygen atoms in total. The Balaban J connectivity index is 3.14. The van der Waals surface area contributed by atoms with Crippen LogP contribution in [-0.2, 0) is 0 Å². The SMILES string of the molecule is CN(C)c1ccncc1[C@@H](O)C(F)(F)F. The molecule has 0 amide bonds. The highest BCUT2D eigenvalue weighted by Gasteiger charge is 2.40. The zero-order valence-corrected chi connectivity index (χ0v) is 8.28. The summed E-state index contributed by atoms with van der Waals surface area (Å²) in [7, 11) is 3.20. The first-order valence-corrected chi connectivity index (χ1v) is 4.20. The van der Waals surface area contributed by atoms with Crippen LogP contribution in [0, 0.1) is 0 Å². The number of halogens is 3. The highest BCUT2D eigenvalue weighted by atomic mass is 19.4. The quantitative estimate of drug-likeness (QED) is 0.824. The van der Waals surface area contributed by atoms with Gasteiger partial charge in [0.15, 0.2) is 6.10 Å². The molecule has 0 radical (unpaired) electrons. The molecule has 1 N–H and O–H groups in total. The van der Waals surface area contributed by atoms with E-state index in [-0.39, 0.29) is 5.56 Å². The molecule has 0 spiro atoms. The third-order valence-electron chi connectivity index (χ3n) is 1.91. The van der Waals surface area contributed by atoms with Crippen LogP contribution in [-0.4, -0.2) is 30.4 Å². The molecule has 1 atom stereocenters. The highest BCUT2D eigenvalue weighted by Crippen LogP contribution is 2.36. The van der Waals surface area contributed by atoms with Gasteiger partial charge in [0.05, 0.1) is 0 Å². The topological polar surface area (TPSA) is 36.4 Å². The van der Waals surface area contributed by atoms with Crippen LogP contribution in [0.2, 0.25) is 0 Å². The average molecular weight is 220 g/mol. The fourth-order valence-corrected chi connectivity index (χ4v) is 1.19. The fourth-order valence-electron chi connectivity index (χ4n) is 1.19. The average Bonchev–Trinajstić information content (AvgIpc) is 2.15. The lowest BCUT2D eigenvalue weighted by Gasteiger charge is -2.21. The lowest BCUT2D eigenvalue weighted by atomic mass is 10.1. The van der Waals surface area contributed by atoms with E-state index in [1.807, 2.05) is 0 Å². The number of nitrogens with zero attached hydrogens (tertiary/aromatic N) is 2. The number of rotatable bonds is 2. The van der Waals surface area contributed by atoms with Gasteiger partial charge >= 0.3 is 6.18 Å². The van der Waals surface area contributed by atoms with Gasteiger partial charge in [0.2, 0.25) is 0 Å². The molecule has 0 aliphatic rings. The molecule has 1 aromatic rings. The number of aliphatic hydroxyl groups excluding tert-OH is 1. The summed E-state index contributed by atoms with van der Waals surface area (Å²) in [6.07, 6.45) is -4.77. The van der Waals surface area contributed by atoms with Crippen molar-refractivity contribution in [3.8, 4) is 0 Å². The van der Waals surface area contributed by atoms with Gasteiger partial charge < -0.3 is 10.0 Å². The molecule has 0 unspecified atom stereocenters. The summed E-state index contributed by atoms with van der Waals surface area (Å²) in [6.45, 7) is 0. The number of aromatic nitrogens is 1. The van der Waals surface area contributed by atoms with Crippen LogP contribution in [0.4, 0.5) is 18.9 Å². The Kier molecular flexibility index (Phi) is 3.18. The third-order valence-corrected chi connectivity index (χ3v) is 1.91. The first-order chi connectivity index (χ1) is 6.84. The molecule has 1 aromatic heterocycles. The molecule has 1 rings (SSSR count). The van der Waals surface area contributed by atoms with E-state index in [0.29, 0.717) is 5.69 Å². The van der Waals surface area contributed by atoms with Crippen LogP contribution < -0.4 is 4.90 Å². The zero-order chi connectivity index (χ0) is 11.6. The largest absolute Gasteiger partial charge is 0.418 e. The summed E-state index contributed by atoms with van der Waals surface area (Å²) >= 11 is 0. The smallest absolute Gasteiger partial charge is 0.379 e. The Bertz CT molecular complexity index is 338. The van der Waals surface area contributed by atoms with Crippen molar-refractivity contribution < 1.29 is 18.3 Å². The van der Waals surface area contributed by atoms with Crippen LogP contribution in [0.5, 0.6) is 0 Å². The van der Waals surface area contributed by atoms with Crippen LogP contribution >= 0.6 is 0 Å². The van der Waals surface area contributed by atoms with E-state index in [1.165, 1.54) is 17.2 Å². The first kappa shape index (κ1) is 11.8. The molecule has 0 saturated heterocycles. The summed E-state index contributed by atoms with van der Waals surface area (Å²) in [6, 6.07) is 1.42. The van der Waals surface area contributed by atoms with Gasteiger partial charge in [0.25, 0.3) is 0 Å². The molecule has 15 heavy (non-hydrogen) atoms. The van der Waals surface area contributed by atoms with Crippen molar-refractivity contribution in [2.75, 3.05) is 19.0 Å². The predicted molar refractivity (Wildman–Crippen MR) is 49.6 cm³/mol. The maximum absolute atomic E-state index is 12.3. The number of aliphatic hydroxyl groups is 1. The standard InChI is InChI=1S/C9H11F3N2O/c1-14(2)7-3-4-13-5-6(7)8(15)9(10,11)12/h3-5,8,15H,1-2H3/t8-/m1/s1. The van der Waals surface area contributed by atoms with Crippen LogP contribution in [0.3, 0.4) is 0 Å². The molecule has 1 heterocycles. The molecule has 0 saturated carbocycles. The molecule has 0 bridgehead atoms. The zero-order valence-electron chi connectivity index (χ0n) is 8.28.